The van der Waals surface area contributed by atoms with Gasteiger partial charge in [0.25, 0.3) is 0 Å². The zero-order valence-electron chi connectivity index (χ0n) is 10.9. The molecular formula is C12H16ClN5O. The average molecular weight is 282 g/mol. The summed E-state index contributed by atoms with van der Waals surface area (Å²) in [4.78, 5) is 17.1. The topological polar surface area (TPSA) is 76.2 Å². The van der Waals surface area contributed by atoms with Crippen LogP contribution in [0.15, 0.2) is 18.2 Å². The number of nitrogen functional groups attached to an aromatic ring is 1. The fourth-order valence-electron chi connectivity index (χ4n) is 1.79. The van der Waals surface area contributed by atoms with Gasteiger partial charge < -0.3 is 20.5 Å². The number of urea groups is 1. The molecule has 6 nitrogen and oxygen atoms in total. The minimum absolute atomic E-state index is 0.133. The van der Waals surface area contributed by atoms with Crippen LogP contribution in [0.2, 0.25) is 5.02 Å². The van der Waals surface area contributed by atoms with Crippen molar-refractivity contribution in [1.82, 2.24) is 19.8 Å². The van der Waals surface area contributed by atoms with Crippen molar-refractivity contribution in [2.75, 3.05) is 26.4 Å². The van der Waals surface area contributed by atoms with Gasteiger partial charge >= 0.3 is 6.03 Å². The average Bonchev–Trinajstić information content (AvgIpc) is 2.64. The number of fused-ring (bicyclic) bond motifs is 1. The van der Waals surface area contributed by atoms with E-state index in [1.165, 1.54) is 4.90 Å². The molecule has 2 rings (SSSR count). The van der Waals surface area contributed by atoms with E-state index in [0.717, 1.165) is 11.0 Å². The molecule has 102 valence electrons. The van der Waals surface area contributed by atoms with Crippen LogP contribution < -0.4 is 11.1 Å². The number of carbonyl (C=O) groups excluding carboxylic acids is 1. The standard InChI is InChI=1S/C12H16ClN5O/c1-17(2)12(19)15-5-6-18-10-4-3-8(13)7-9(10)16-11(18)14/h3-4,7H,5-6H2,1-2H3,(H2,14,16)(H,15,19). The lowest BCUT2D eigenvalue weighted by molar-refractivity contribution is 0.217. The van der Waals surface area contributed by atoms with Crippen molar-refractivity contribution in [2.45, 2.75) is 6.54 Å². The van der Waals surface area contributed by atoms with Crippen LogP contribution in [0, 0.1) is 0 Å². The second-order valence-corrected chi connectivity index (χ2v) is 4.82. The molecule has 1 aromatic heterocycles. The van der Waals surface area contributed by atoms with Crippen LogP contribution in [-0.4, -0.2) is 41.1 Å². The number of hydrogen-bond acceptors (Lipinski definition) is 3. The Labute approximate surface area is 116 Å². The Kier molecular flexibility index (Phi) is 3.80. The molecule has 7 heteroatoms. The molecule has 0 atom stereocenters. The number of aromatic nitrogens is 2. The van der Waals surface area contributed by atoms with Crippen molar-refractivity contribution < 1.29 is 4.79 Å². The third-order valence-corrected chi connectivity index (χ3v) is 2.99. The first-order valence-corrected chi connectivity index (χ1v) is 6.23. The summed E-state index contributed by atoms with van der Waals surface area (Å²) < 4.78 is 1.85. The Hall–Kier alpha value is -1.95. The Balaban J connectivity index is 2.12. The molecular weight excluding hydrogens is 266 g/mol. The predicted molar refractivity (Wildman–Crippen MR) is 76.2 cm³/mol. The molecule has 19 heavy (non-hydrogen) atoms. The van der Waals surface area contributed by atoms with Crippen LogP contribution in [0.1, 0.15) is 0 Å². The number of benzene rings is 1. The van der Waals surface area contributed by atoms with Gasteiger partial charge in [0.1, 0.15) is 0 Å². The fraction of sp³-hybridized carbons (Fsp3) is 0.333. The van der Waals surface area contributed by atoms with Crippen molar-refractivity contribution in [3.05, 3.63) is 23.2 Å². The molecule has 1 heterocycles. The number of imidazole rings is 1. The predicted octanol–water partition coefficient (Wildman–Crippen LogP) is 1.54. The van der Waals surface area contributed by atoms with Gasteiger partial charge in [-0.15, -0.1) is 0 Å². The maximum atomic E-state index is 11.4. The van der Waals surface area contributed by atoms with Gasteiger partial charge in [-0.1, -0.05) is 11.6 Å². The highest BCUT2D eigenvalue weighted by atomic mass is 35.5. The minimum Gasteiger partial charge on any atom is -0.369 e. The largest absolute Gasteiger partial charge is 0.369 e. The number of rotatable bonds is 3. The normalized spacial score (nSPS) is 10.7. The number of nitrogens with zero attached hydrogens (tertiary/aromatic N) is 3. The molecule has 0 bridgehead atoms. The Bertz CT molecular complexity index is 607. The molecule has 2 amide bonds. The first kappa shape index (κ1) is 13.5. The molecule has 0 fully saturated rings. The quantitative estimate of drug-likeness (QED) is 0.896. The van der Waals surface area contributed by atoms with Crippen molar-refractivity contribution in [3.8, 4) is 0 Å². The molecule has 3 N–H and O–H groups in total. The highest BCUT2D eigenvalue weighted by Crippen LogP contribution is 2.21. The number of anilines is 1. The number of halogens is 1. The van der Waals surface area contributed by atoms with Crippen LogP contribution in [0.3, 0.4) is 0 Å². The van der Waals surface area contributed by atoms with Gasteiger partial charge in [0.05, 0.1) is 11.0 Å². The Morgan fingerprint density at radius 3 is 2.95 bits per heavy atom. The van der Waals surface area contributed by atoms with E-state index in [1.54, 1.807) is 26.2 Å². The first-order chi connectivity index (χ1) is 8.99. The second-order valence-electron chi connectivity index (χ2n) is 4.38. The number of nitrogens with one attached hydrogen (secondary N) is 1. The minimum atomic E-state index is -0.133. The zero-order valence-corrected chi connectivity index (χ0v) is 11.6. The smallest absolute Gasteiger partial charge is 0.316 e. The monoisotopic (exact) mass is 281 g/mol. The third kappa shape index (κ3) is 2.90. The highest BCUT2D eigenvalue weighted by Gasteiger charge is 2.09. The number of hydrogen-bond donors (Lipinski definition) is 2. The number of carbonyl (C=O) groups is 1. The van der Waals surface area contributed by atoms with Gasteiger partial charge in [0.2, 0.25) is 5.95 Å². The van der Waals surface area contributed by atoms with Gasteiger partial charge in [0, 0.05) is 32.2 Å². The van der Waals surface area contributed by atoms with E-state index in [-0.39, 0.29) is 6.03 Å². The second kappa shape index (κ2) is 5.36. The van der Waals surface area contributed by atoms with E-state index in [0.29, 0.717) is 24.1 Å². The summed E-state index contributed by atoms with van der Waals surface area (Å²) in [7, 11) is 3.39. The molecule has 0 aliphatic heterocycles. The first-order valence-electron chi connectivity index (χ1n) is 5.85. The van der Waals surface area contributed by atoms with E-state index in [1.807, 2.05) is 10.6 Å². The zero-order chi connectivity index (χ0) is 14.0. The molecule has 0 aliphatic carbocycles. The summed E-state index contributed by atoms with van der Waals surface area (Å²) in [6, 6.07) is 5.29. The molecule has 0 saturated carbocycles. The fourth-order valence-corrected chi connectivity index (χ4v) is 1.96. The molecule has 0 radical (unpaired) electrons. The van der Waals surface area contributed by atoms with Crippen LogP contribution in [0.25, 0.3) is 11.0 Å². The van der Waals surface area contributed by atoms with Crippen molar-refractivity contribution >= 4 is 34.6 Å². The Morgan fingerprint density at radius 1 is 1.53 bits per heavy atom. The number of amides is 2. The maximum Gasteiger partial charge on any atom is 0.316 e. The summed E-state index contributed by atoms with van der Waals surface area (Å²) >= 11 is 5.91. The van der Waals surface area contributed by atoms with Gasteiger partial charge in [-0.05, 0) is 18.2 Å². The van der Waals surface area contributed by atoms with Crippen molar-refractivity contribution in [2.24, 2.45) is 0 Å². The molecule has 0 spiro atoms. The molecule has 0 aliphatic rings. The van der Waals surface area contributed by atoms with Gasteiger partial charge in [-0.2, -0.15) is 0 Å². The van der Waals surface area contributed by atoms with E-state index < -0.39 is 0 Å². The lowest BCUT2D eigenvalue weighted by Gasteiger charge is -2.12. The van der Waals surface area contributed by atoms with Crippen molar-refractivity contribution in [1.29, 1.82) is 0 Å². The van der Waals surface area contributed by atoms with Crippen LogP contribution in [0.5, 0.6) is 0 Å². The Morgan fingerprint density at radius 2 is 2.26 bits per heavy atom. The SMILES string of the molecule is CN(C)C(=O)NCCn1c(N)nc2cc(Cl)ccc21. The molecule has 1 aromatic carbocycles. The van der Waals surface area contributed by atoms with Gasteiger partial charge in [-0.25, -0.2) is 9.78 Å². The molecule has 0 unspecified atom stereocenters. The maximum absolute atomic E-state index is 11.4. The van der Waals surface area contributed by atoms with Gasteiger partial charge in [0.15, 0.2) is 0 Å². The van der Waals surface area contributed by atoms with E-state index in [2.05, 4.69) is 10.3 Å². The summed E-state index contributed by atoms with van der Waals surface area (Å²) in [5.74, 6) is 0.413. The van der Waals surface area contributed by atoms with E-state index in [4.69, 9.17) is 17.3 Å². The highest BCUT2D eigenvalue weighted by molar-refractivity contribution is 6.31. The van der Waals surface area contributed by atoms with E-state index >= 15 is 0 Å². The van der Waals surface area contributed by atoms with Gasteiger partial charge in [-0.3, -0.25) is 0 Å². The number of nitrogens with two attached hydrogens (primary N) is 1. The lowest BCUT2D eigenvalue weighted by Crippen LogP contribution is -2.36. The van der Waals surface area contributed by atoms with Crippen molar-refractivity contribution in [3.63, 3.8) is 0 Å². The molecule has 0 saturated heterocycles. The lowest BCUT2D eigenvalue weighted by atomic mass is 10.3. The van der Waals surface area contributed by atoms with Crippen LogP contribution >= 0.6 is 11.6 Å². The summed E-state index contributed by atoms with van der Waals surface area (Å²) in [6.07, 6.45) is 0. The van der Waals surface area contributed by atoms with E-state index in [9.17, 15) is 4.79 Å². The third-order valence-electron chi connectivity index (χ3n) is 2.76. The summed E-state index contributed by atoms with van der Waals surface area (Å²) in [5.41, 5.74) is 7.52. The van der Waals surface area contributed by atoms with Crippen LogP contribution in [-0.2, 0) is 6.54 Å². The molecule has 2 aromatic rings. The summed E-state index contributed by atoms with van der Waals surface area (Å²) in [6.45, 7) is 1.04. The summed E-state index contributed by atoms with van der Waals surface area (Å²) in [5, 5.41) is 3.40. The van der Waals surface area contributed by atoms with Crippen LogP contribution in [0.4, 0.5) is 10.7 Å².